The van der Waals surface area contributed by atoms with E-state index in [-0.39, 0.29) is 6.10 Å². The Hall–Kier alpha value is -1.33. The first kappa shape index (κ1) is 11.7. The number of nitrogens with zero attached hydrogens (tertiary/aromatic N) is 2. The first-order valence-electron chi connectivity index (χ1n) is 5.92. The Morgan fingerprint density at radius 2 is 2.28 bits per heavy atom. The second-order valence-corrected chi connectivity index (χ2v) is 5.25. The summed E-state index contributed by atoms with van der Waals surface area (Å²) in [6.07, 6.45) is 2.93. The zero-order chi connectivity index (χ0) is 12.5. The Balaban J connectivity index is 1.86. The van der Waals surface area contributed by atoms with Crippen molar-refractivity contribution in [2.24, 2.45) is 0 Å². The van der Waals surface area contributed by atoms with E-state index in [0.29, 0.717) is 12.4 Å². The normalized spacial score (nSPS) is 18.6. The maximum atomic E-state index is 5.84. The van der Waals surface area contributed by atoms with Crippen LogP contribution in [-0.4, -0.2) is 16.4 Å². The van der Waals surface area contributed by atoms with E-state index < -0.39 is 0 Å². The molecule has 1 aromatic heterocycles. The molecule has 4 nitrogen and oxygen atoms in total. The van der Waals surface area contributed by atoms with Gasteiger partial charge in [0, 0.05) is 6.20 Å². The number of hydrogen-bond donors (Lipinski definition) is 1. The van der Waals surface area contributed by atoms with Crippen LogP contribution in [0.3, 0.4) is 0 Å². The summed E-state index contributed by atoms with van der Waals surface area (Å²) in [5.41, 5.74) is 8.35. The van der Waals surface area contributed by atoms with Gasteiger partial charge in [0.2, 0.25) is 0 Å². The van der Waals surface area contributed by atoms with Crippen LogP contribution in [0, 0.1) is 0 Å². The van der Waals surface area contributed by atoms with Gasteiger partial charge in [-0.1, -0.05) is 24.3 Å². The molecule has 1 aliphatic rings. The third kappa shape index (κ3) is 2.15. The fourth-order valence-electron chi connectivity index (χ4n) is 2.30. The van der Waals surface area contributed by atoms with Gasteiger partial charge in [-0.25, -0.2) is 0 Å². The van der Waals surface area contributed by atoms with Gasteiger partial charge in [0.25, 0.3) is 0 Å². The predicted molar refractivity (Wildman–Crippen MR) is 73.2 cm³/mol. The highest BCUT2D eigenvalue weighted by molar-refractivity contribution is 9.10. The highest BCUT2D eigenvalue weighted by Crippen LogP contribution is 2.28. The van der Waals surface area contributed by atoms with Gasteiger partial charge in [-0.15, -0.1) is 0 Å². The molecular weight excluding hydrogens is 294 g/mol. The zero-order valence-corrected chi connectivity index (χ0v) is 11.4. The van der Waals surface area contributed by atoms with Crippen molar-refractivity contribution in [1.82, 2.24) is 9.78 Å². The second kappa shape index (κ2) is 4.74. The molecular formula is C13H14BrN3O. The summed E-state index contributed by atoms with van der Waals surface area (Å²) in [4.78, 5) is 0. The molecule has 0 amide bonds. The monoisotopic (exact) mass is 307 g/mol. The van der Waals surface area contributed by atoms with Gasteiger partial charge in [-0.2, -0.15) is 5.10 Å². The summed E-state index contributed by atoms with van der Waals surface area (Å²) in [5, 5.41) is 4.24. The third-order valence-electron chi connectivity index (χ3n) is 3.19. The van der Waals surface area contributed by atoms with Gasteiger partial charge >= 0.3 is 0 Å². The first-order valence-corrected chi connectivity index (χ1v) is 6.71. The molecule has 1 aliphatic heterocycles. The summed E-state index contributed by atoms with van der Waals surface area (Å²) in [5.74, 6) is 0.513. The number of ether oxygens (including phenoxy) is 1. The van der Waals surface area contributed by atoms with E-state index in [1.807, 2.05) is 16.9 Å². The maximum Gasteiger partial charge on any atom is 0.159 e. The standard InChI is InChI=1S/C13H14BrN3O/c14-11-7-17(16-13(11)15)8-12-10-4-2-1-3-9(10)5-6-18-12/h1-4,7,12H,5-6,8H2,(H2,15,16). The van der Waals surface area contributed by atoms with Crippen molar-refractivity contribution in [3.63, 3.8) is 0 Å². The van der Waals surface area contributed by atoms with E-state index in [4.69, 9.17) is 10.5 Å². The molecule has 0 saturated carbocycles. The number of nitrogens with two attached hydrogens (primary N) is 1. The maximum absolute atomic E-state index is 5.84. The van der Waals surface area contributed by atoms with Crippen LogP contribution >= 0.6 is 15.9 Å². The molecule has 1 unspecified atom stereocenters. The summed E-state index contributed by atoms with van der Waals surface area (Å²) < 4.78 is 8.49. The molecule has 0 spiro atoms. The number of aromatic nitrogens is 2. The van der Waals surface area contributed by atoms with Crippen LogP contribution in [0.15, 0.2) is 34.9 Å². The van der Waals surface area contributed by atoms with Crippen LogP contribution in [0.5, 0.6) is 0 Å². The predicted octanol–water partition coefficient (Wildman–Crippen LogP) is 2.54. The molecule has 3 rings (SSSR count). The fourth-order valence-corrected chi connectivity index (χ4v) is 2.62. The van der Waals surface area contributed by atoms with E-state index in [9.17, 15) is 0 Å². The molecule has 0 aliphatic carbocycles. The van der Waals surface area contributed by atoms with Crippen LogP contribution in [0.2, 0.25) is 0 Å². The minimum atomic E-state index is 0.0566. The Bertz CT molecular complexity index is 548. The molecule has 2 heterocycles. The van der Waals surface area contributed by atoms with Crippen molar-refractivity contribution in [3.05, 3.63) is 46.1 Å². The number of halogens is 1. The summed E-state index contributed by atoms with van der Waals surface area (Å²) >= 11 is 3.36. The average molecular weight is 308 g/mol. The van der Waals surface area contributed by atoms with Crippen molar-refractivity contribution in [2.45, 2.75) is 19.1 Å². The van der Waals surface area contributed by atoms with Crippen LogP contribution in [-0.2, 0) is 17.7 Å². The van der Waals surface area contributed by atoms with E-state index in [1.54, 1.807) is 0 Å². The molecule has 0 saturated heterocycles. The third-order valence-corrected chi connectivity index (χ3v) is 3.80. The van der Waals surface area contributed by atoms with Gasteiger partial charge in [-0.3, -0.25) is 4.68 Å². The van der Waals surface area contributed by atoms with Crippen molar-refractivity contribution in [1.29, 1.82) is 0 Å². The highest BCUT2D eigenvalue weighted by atomic mass is 79.9. The van der Waals surface area contributed by atoms with E-state index in [1.165, 1.54) is 11.1 Å². The highest BCUT2D eigenvalue weighted by Gasteiger charge is 2.21. The largest absolute Gasteiger partial charge is 0.381 e. The van der Waals surface area contributed by atoms with E-state index >= 15 is 0 Å². The zero-order valence-electron chi connectivity index (χ0n) is 9.84. The lowest BCUT2D eigenvalue weighted by atomic mass is 9.98. The smallest absolute Gasteiger partial charge is 0.159 e. The molecule has 2 aromatic rings. The van der Waals surface area contributed by atoms with Gasteiger partial charge in [0.1, 0.15) is 6.10 Å². The van der Waals surface area contributed by atoms with Gasteiger partial charge in [0.15, 0.2) is 5.82 Å². The van der Waals surface area contributed by atoms with Crippen molar-refractivity contribution >= 4 is 21.7 Å². The Labute approximate surface area is 114 Å². The van der Waals surface area contributed by atoms with E-state index in [0.717, 1.165) is 17.5 Å². The van der Waals surface area contributed by atoms with Gasteiger partial charge < -0.3 is 10.5 Å². The number of fused-ring (bicyclic) bond motifs is 1. The Morgan fingerprint density at radius 3 is 3.06 bits per heavy atom. The lowest BCUT2D eigenvalue weighted by Crippen LogP contribution is -2.20. The van der Waals surface area contributed by atoms with Crippen LogP contribution in [0.4, 0.5) is 5.82 Å². The number of anilines is 1. The van der Waals surface area contributed by atoms with Crippen molar-refractivity contribution < 1.29 is 4.74 Å². The van der Waals surface area contributed by atoms with Crippen molar-refractivity contribution in [3.8, 4) is 0 Å². The molecule has 0 radical (unpaired) electrons. The average Bonchev–Trinajstić information content (AvgIpc) is 2.69. The number of nitrogen functional groups attached to an aromatic ring is 1. The van der Waals surface area contributed by atoms with Gasteiger partial charge in [-0.05, 0) is 33.5 Å². The molecule has 5 heteroatoms. The molecule has 94 valence electrons. The first-order chi connectivity index (χ1) is 8.74. The Morgan fingerprint density at radius 1 is 1.44 bits per heavy atom. The molecule has 2 N–H and O–H groups in total. The molecule has 1 atom stereocenters. The van der Waals surface area contributed by atoms with E-state index in [2.05, 4.69) is 39.2 Å². The van der Waals surface area contributed by atoms with Crippen molar-refractivity contribution in [2.75, 3.05) is 12.3 Å². The van der Waals surface area contributed by atoms with Crippen LogP contribution < -0.4 is 5.73 Å². The minimum Gasteiger partial charge on any atom is -0.381 e. The second-order valence-electron chi connectivity index (χ2n) is 4.39. The molecule has 1 aromatic carbocycles. The van der Waals surface area contributed by atoms with Crippen LogP contribution in [0.25, 0.3) is 0 Å². The summed E-state index contributed by atoms with van der Waals surface area (Å²) in [6.45, 7) is 1.45. The summed E-state index contributed by atoms with van der Waals surface area (Å²) in [6, 6.07) is 8.41. The molecule has 18 heavy (non-hydrogen) atoms. The Kier molecular flexibility index (Phi) is 3.09. The topological polar surface area (TPSA) is 53.1 Å². The number of benzene rings is 1. The number of rotatable bonds is 2. The minimum absolute atomic E-state index is 0.0566. The van der Waals surface area contributed by atoms with Gasteiger partial charge in [0.05, 0.1) is 17.6 Å². The van der Waals surface area contributed by atoms with Crippen LogP contribution in [0.1, 0.15) is 17.2 Å². The molecule has 0 fully saturated rings. The molecule has 0 bridgehead atoms. The number of hydrogen-bond acceptors (Lipinski definition) is 3. The lowest BCUT2D eigenvalue weighted by Gasteiger charge is -2.25. The lowest BCUT2D eigenvalue weighted by molar-refractivity contribution is 0.0283. The fraction of sp³-hybridized carbons (Fsp3) is 0.308. The summed E-state index contributed by atoms with van der Waals surface area (Å²) in [7, 11) is 0. The quantitative estimate of drug-likeness (QED) is 0.927. The SMILES string of the molecule is Nc1nn(CC2OCCc3ccccc32)cc1Br.